The van der Waals surface area contributed by atoms with Crippen LogP contribution in [0.15, 0.2) is 46.0 Å². The van der Waals surface area contributed by atoms with Gasteiger partial charge in [0.2, 0.25) is 0 Å². The molecule has 2 aromatic rings. The van der Waals surface area contributed by atoms with Crippen LogP contribution in [0, 0.1) is 6.92 Å². The van der Waals surface area contributed by atoms with Crippen molar-refractivity contribution in [3.63, 3.8) is 0 Å². The number of benzene rings is 1. The van der Waals surface area contributed by atoms with Gasteiger partial charge >= 0.3 is 5.91 Å². The van der Waals surface area contributed by atoms with Gasteiger partial charge in [-0.15, -0.1) is 0 Å². The fourth-order valence-electron chi connectivity index (χ4n) is 1.06. The Bertz CT molecular complexity index is 632. The summed E-state index contributed by atoms with van der Waals surface area (Å²) in [4.78, 5) is 13.5. The monoisotopic (exact) mass is 284 g/mol. The first-order valence-corrected chi connectivity index (χ1v) is 6.48. The van der Waals surface area contributed by atoms with Gasteiger partial charge in [0, 0.05) is 0 Å². The summed E-state index contributed by atoms with van der Waals surface area (Å²) in [6.45, 7) is 1.84. The number of hydrogen-bond acceptors (Lipinski definition) is 5. The van der Waals surface area contributed by atoms with E-state index in [9.17, 15) is 13.2 Å². The quantitative estimate of drug-likeness (QED) is 0.793. The van der Waals surface area contributed by atoms with Gasteiger partial charge in [-0.2, -0.15) is 8.42 Å². The predicted octanol–water partition coefficient (Wildman–Crippen LogP) is 1.02. The number of hydrogen-bond donors (Lipinski definition) is 2. The molecule has 1 heterocycles. The summed E-state index contributed by atoms with van der Waals surface area (Å²) in [5.41, 5.74) is 5.72. The first-order chi connectivity index (χ1) is 8.80. The van der Waals surface area contributed by atoms with E-state index in [1.165, 1.54) is 24.6 Å². The summed E-state index contributed by atoms with van der Waals surface area (Å²) in [6.07, 6.45) is 2.65. The second-order valence-corrected chi connectivity index (χ2v) is 4.91. The summed E-state index contributed by atoms with van der Waals surface area (Å²) >= 11 is 0. The molecule has 0 aliphatic heterocycles. The lowest BCUT2D eigenvalue weighted by atomic mass is 10.2. The molecule has 1 aromatic heterocycles. The number of nitrogens with zero attached hydrogens (tertiary/aromatic N) is 1. The van der Waals surface area contributed by atoms with Gasteiger partial charge in [0.05, 0.1) is 11.1 Å². The highest BCUT2D eigenvalue weighted by Gasteiger charge is 2.06. The zero-order valence-electron chi connectivity index (χ0n) is 9.98. The first-order valence-electron chi connectivity index (χ1n) is 5.04. The van der Waals surface area contributed by atoms with Crippen molar-refractivity contribution in [2.45, 2.75) is 11.8 Å². The minimum Gasteiger partial charge on any atom is -0.441 e. The van der Waals surface area contributed by atoms with Crippen LogP contribution in [0.4, 0.5) is 0 Å². The average molecular weight is 284 g/mol. The Morgan fingerprint density at radius 2 is 1.89 bits per heavy atom. The van der Waals surface area contributed by atoms with Crippen LogP contribution in [-0.4, -0.2) is 23.9 Å². The molecule has 2 rings (SSSR count). The van der Waals surface area contributed by atoms with Crippen molar-refractivity contribution >= 4 is 16.0 Å². The third-order valence-electron chi connectivity index (χ3n) is 1.96. The van der Waals surface area contributed by atoms with Gasteiger partial charge in [0.15, 0.2) is 0 Å². The van der Waals surface area contributed by atoms with Crippen molar-refractivity contribution in [2.75, 3.05) is 0 Å². The average Bonchev–Trinajstić information content (AvgIpc) is 2.82. The van der Waals surface area contributed by atoms with Crippen LogP contribution in [0.25, 0.3) is 0 Å². The molecule has 0 radical (unpaired) electrons. The summed E-state index contributed by atoms with van der Waals surface area (Å²) < 4.78 is 34.1. The number of nitrogens with two attached hydrogens (primary N) is 1. The number of aryl methyl sites for hydroxylation is 1. The number of carbonyl (C=O) groups is 1. The van der Waals surface area contributed by atoms with E-state index >= 15 is 0 Å². The van der Waals surface area contributed by atoms with Crippen LogP contribution in [0.3, 0.4) is 0 Å². The van der Waals surface area contributed by atoms with Crippen molar-refractivity contribution in [2.24, 2.45) is 5.73 Å². The first kappa shape index (κ1) is 14.9. The Labute approximate surface area is 109 Å². The number of rotatable bonds is 2. The fraction of sp³-hybridized carbons (Fsp3) is 0.0909. The van der Waals surface area contributed by atoms with Crippen LogP contribution in [0.5, 0.6) is 0 Å². The summed E-state index contributed by atoms with van der Waals surface area (Å²) in [6, 6.07) is 5.99. The molecule has 19 heavy (non-hydrogen) atoms. The van der Waals surface area contributed by atoms with E-state index in [1.807, 2.05) is 6.92 Å². The molecule has 8 heteroatoms. The van der Waals surface area contributed by atoms with Crippen molar-refractivity contribution in [3.8, 4) is 0 Å². The number of oxazole rings is 1. The lowest BCUT2D eigenvalue weighted by Crippen LogP contribution is -2.10. The molecule has 7 nitrogen and oxygen atoms in total. The SMILES string of the molecule is Cc1ccc(S(=O)(=O)O)cc1.NC(=O)c1ncco1. The van der Waals surface area contributed by atoms with Crippen LogP contribution in [0.1, 0.15) is 16.2 Å². The van der Waals surface area contributed by atoms with E-state index in [2.05, 4.69) is 9.40 Å². The zero-order chi connectivity index (χ0) is 14.5. The van der Waals surface area contributed by atoms with Gasteiger partial charge in [-0.3, -0.25) is 9.35 Å². The standard InChI is InChI=1S/C7H8O3S.C4H4N2O2/c1-6-2-4-7(5-3-6)11(8,9)10;5-3(7)4-6-1-2-8-4/h2-5H,1H3,(H,8,9,10);1-2H,(H2,5,7). The molecule has 1 aromatic carbocycles. The van der Waals surface area contributed by atoms with Gasteiger partial charge in [0.25, 0.3) is 16.0 Å². The lowest BCUT2D eigenvalue weighted by molar-refractivity contribution is 0.0967. The van der Waals surface area contributed by atoms with Gasteiger partial charge in [-0.05, 0) is 19.1 Å². The highest BCUT2D eigenvalue weighted by molar-refractivity contribution is 7.85. The van der Waals surface area contributed by atoms with E-state index in [-0.39, 0.29) is 10.8 Å². The lowest BCUT2D eigenvalue weighted by Gasteiger charge is -1.95. The molecule has 0 aliphatic carbocycles. The Kier molecular flexibility index (Phi) is 4.79. The van der Waals surface area contributed by atoms with Crippen LogP contribution in [0.2, 0.25) is 0 Å². The van der Waals surface area contributed by atoms with Crippen LogP contribution >= 0.6 is 0 Å². The highest BCUT2D eigenvalue weighted by atomic mass is 32.2. The van der Waals surface area contributed by atoms with Crippen molar-refractivity contribution in [1.29, 1.82) is 0 Å². The van der Waals surface area contributed by atoms with Gasteiger partial charge < -0.3 is 10.2 Å². The Balaban J connectivity index is 0.000000200. The largest absolute Gasteiger partial charge is 0.441 e. The fourth-order valence-corrected chi connectivity index (χ4v) is 1.54. The highest BCUT2D eigenvalue weighted by Crippen LogP contribution is 2.08. The topological polar surface area (TPSA) is 123 Å². The van der Waals surface area contributed by atoms with E-state index in [0.717, 1.165) is 5.56 Å². The molecular formula is C11H12N2O5S. The molecule has 0 saturated carbocycles. The molecule has 0 bridgehead atoms. The van der Waals surface area contributed by atoms with Crippen LogP contribution in [-0.2, 0) is 10.1 Å². The summed E-state index contributed by atoms with van der Waals surface area (Å²) in [5.74, 6) is -0.694. The second kappa shape index (κ2) is 6.12. The molecule has 1 amide bonds. The third kappa shape index (κ3) is 4.90. The maximum absolute atomic E-state index is 10.5. The van der Waals surface area contributed by atoms with Crippen molar-refractivity contribution in [3.05, 3.63) is 48.2 Å². The van der Waals surface area contributed by atoms with E-state index < -0.39 is 16.0 Å². The molecule has 0 spiro atoms. The Morgan fingerprint density at radius 3 is 2.21 bits per heavy atom. The van der Waals surface area contributed by atoms with E-state index in [1.54, 1.807) is 12.1 Å². The molecule has 102 valence electrons. The van der Waals surface area contributed by atoms with E-state index in [0.29, 0.717) is 0 Å². The molecule has 0 atom stereocenters. The molecule has 3 N–H and O–H groups in total. The summed E-state index contributed by atoms with van der Waals surface area (Å²) in [5, 5.41) is 0. The third-order valence-corrected chi connectivity index (χ3v) is 2.83. The normalized spacial score (nSPS) is 10.4. The Hall–Kier alpha value is -2.19. The minimum atomic E-state index is -4.02. The van der Waals surface area contributed by atoms with Gasteiger partial charge in [-0.25, -0.2) is 4.98 Å². The predicted molar refractivity (Wildman–Crippen MR) is 66.0 cm³/mol. The molecule has 0 unspecified atom stereocenters. The van der Waals surface area contributed by atoms with Gasteiger partial charge in [0.1, 0.15) is 6.26 Å². The van der Waals surface area contributed by atoms with Crippen molar-refractivity contribution in [1.82, 2.24) is 4.98 Å². The number of aromatic nitrogens is 1. The smallest absolute Gasteiger partial charge is 0.304 e. The molecule has 0 saturated heterocycles. The number of primary amides is 1. The maximum atomic E-state index is 10.5. The zero-order valence-corrected chi connectivity index (χ0v) is 10.8. The second-order valence-electron chi connectivity index (χ2n) is 3.49. The maximum Gasteiger partial charge on any atom is 0.304 e. The molecule has 0 fully saturated rings. The van der Waals surface area contributed by atoms with Crippen molar-refractivity contribution < 1.29 is 22.2 Å². The molecular weight excluding hydrogens is 272 g/mol. The van der Waals surface area contributed by atoms with E-state index in [4.69, 9.17) is 10.3 Å². The van der Waals surface area contributed by atoms with Gasteiger partial charge in [-0.1, -0.05) is 17.7 Å². The molecule has 0 aliphatic rings. The minimum absolute atomic E-state index is 0.0509. The summed E-state index contributed by atoms with van der Waals surface area (Å²) in [7, 11) is -4.02. The number of carbonyl (C=O) groups excluding carboxylic acids is 1. The van der Waals surface area contributed by atoms with Crippen LogP contribution < -0.4 is 5.73 Å². The Morgan fingerprint density at radius 1 is 1.32 bits per heavy atom. The number of amides is 1.